The zero-order chi connectivity index (χ0) is 18.4. The highest BCUT2D eigenvalue weighted by Gasteiger charge is 2.16. The number of rotatable bonds is 6. The van der Waals surface area contributed by atoms with Crippen molar-refractivity contribution in [2.45, 2.75) is 13.8 Å². The summed E-state index contributed by atoms with van der Waals surface area (Å²) in [6.07, 6.45) is 4.86. The van der Waals surface area contributed by atoms with Gasteiger partial charge in [-0.2, -0.15) is 10.2 Å². The van der Waals surface area contributed by atoms with Gasteiger partial charge < -0.3 is 4.74 Å². The second kappa shape index (κ2) is 8.06. The largest absolute Gasteiger partial charge is 0.494 e. The maximum Gasteiger partial charge on any atom is 0.289 e. The Labute approximate surface area is 151 Å². The van der Waals surface area contributed by atoms with Crippen LogP contribution in [0.3, 0.4) is 0 Å². The van der Waals surface area contributed by atoms with Crippen LogP contribution in [-0.2, 0) is 0 Å². The van der Waals surface area contributed by atoms with Gasteiger partial charge in [0, 0.05) is 29.1 Å². The first-order valence-corrected chi connectivity index (χ1v) is 8.20. The van der Waals surface area contributed by atoms with Crippen LogP contribution >= 0.6 is 0 Å². The normalized spacial score (nSPS) is 10.8. The first kappa shape index (κ1) is 17.3. The van der Waals surface area contributed by atoms with Crippen LogP contribution in [0.1, 0.15) is 28.5 Å². The fourth-order valence-corrected chi connectivity index (χ4v) is 2.45. The molecule has 0 aliphatic rings. The number of H-pyrrole nitrogens is 1. The summed E-state index contributed by atoms with van der Waals surface area (Å²) >= 11 is 0. The minimum atomic E-state index is -0.354. The Morgan fingerprint density at radius 1 is 1.31 bits per heavy atom. The lowest BCUT2D eigenvalue weighted by molar-refractivity contribution is 0.0949. The van der Waals surface area contributed by atoms with Crippen LogP contribution in [0.5, 0.6) is 5.75 Å². The van der Waals surface area contributed by atoms with E-state index in [0.717, 1.165) is 28.1 Å². The molecule has 132 valence electrons. The van der Waals surface area contributed by atoms with Gasteiger partial charge in [0.2, 0.25) is 0 Å². The van der Waals surface area contributed by atoms with E-state index < -0.39 is 0 Å². The highest BCUT2D eigenvalue weighted by Crippen LogP contribution is 2.25. The molecule has 0 aliphatic carbocycles. The van der Waals surface area contributed by atoms with Crippen molar-refractivity contribution in [3.05, 3.63) is 65.6 Å². The molecule has 7 heteroatoms. The summed E-state index contributed by atoms with van der Waals surface area (Å²) < 4.78 is 5.44. The van der Waals surface area contributed by atoms with Crippen LogP contribution in [0, 0.1) is 6.92 Å². The summed E-state index contributed by atoms with van der Waals surface area (Å²) in [4.78, 5) is 16.3. The van der Waals surface area contributed by atoms with Gasteiger partial charge >= 0.3 is 0 Å². The number of pyridine rings is 1. The average molecular weight is 349 g/mol. The van der Waals surface area contributed by atoms with Gasteiger partial charge in [0.25, 0.3) is 5.91 Å². The third kappa shape index (κ3) is 3.94. The molecule has 0 saturated heterocycles. The molecule has 2 N–H and O–H groups in total. The number of carbonyl (C=O) groups excluding carboxylic acids is 1. The van der Waals surface area contributed by atoms with Crippen molar-refractivity contribution in [2.24, 2.45) is 5.10 Å². The first-order chi connectivity index (χ1) is 12.7. The van der Waals surface area contributed by atoms with E-state index in [1.807, 2.05) is 44.2 Å². The molecule has 0 spiro atoms. The molecule has 1 aromatic carbocycles. The van der Waals surface area contributed by atoms with Crippen molar-refractivity contribution in [3.8, 4) is 17.0 Å². The molecule has 0 aliphatic heterocycles. The summed E-state index contributed by atoms with van der Waals surface area (Å²) in [5, 5.41) is 11.0. The van der Waals surface area contributed by atoms with E-state index in [2.05, 4.69) is 25.7 Å². The van der Waals surface area contributed by atoms with E-state index in [9.17, 15) is 4.79 Å². The van der Waals surface area contributed by atoms with Crippen molar-refractivity contribution in [2.75, 3.05) is 6.61 Å². The minimum absolute atomic E-state index is 0.354. The Bertz CT molecular complexity index is 901. The molecule has 2 aromatic heterocycles. The highest BCUT2D eigenvalue weighted by molar-refractivity contribution is 5.95. The number of benzene rings is 1. The Hall–Kier alpha value is -3.48. The van der Waals surface area contributed by atoms with Gasteiger partial charge in [-0.25, -0.2) is 5.43 Å². The Morgan fingerprint density at radius 3 is 2.81 bits per heavy atom. The molecule has 0 atom stereocenters. The zero-order valence-electron chi connectivity index (χ0n) is 14.6. The van der Waals surface area contributed by atoms with Crippen molar-refractivity contribution in [1.29, 1.82) is 0 Å². The molecule has 7 nitrogen and oxygen atoms in total. The number of ether oxygens (including phenoxy) is 1. The predicted octanol–water partition coefficient (Wildman–Crippen LogP) is 2.94. The molecule has 0 unspecified atom stereocenters. The number of hydrazone groups is 1. The quantitative estimate of drug-likeness (QED) is 0.529. The number of hydrogen-bond acceptors (Lipinski definition) is 5. The summed E-state index contributed by atoms with van der Waals surface area (Å²) in [5.41, 5.74) is 6.03. The molecule has 0 radical (unpaired) electrons. The molecular weight excluding hydrogens is 330 g/mol. The molecular formula is C19H19N5O2. The monoisotopic (exact) mass is 349 g/mol. The van der Waals surface area contributed by atoms with Crippen molar-refractivity contribution in [3.63, 3.8) is 0 Å². The standard InChI is InChI=1S/C19H19N5O2/c1-3-26-16-8-6-15(7-9-16)17-13(2)18(23-22-17)19(25)24-21-12-14-5-4-10-20-11-14/h4-12H,3H2,1-2H3,(H,22,23)(H,24,25)/b21-12+. The number of carbonyl (C=O) groups is 1. The number of aromatic amines is 1. The zero-order valence-corrected chi connectivity index (χ0v) is 14.6. The third-order valence-electron chi connectivity index (χ3n) is 3.74. The first-order valence-electron chi connectivity index (χ1n) is 8.20. The fourth-order valence-electron chi connectivity index (χ4n) is 2.45. The van der Waals surface area contributed by atoms with Crippen molar-refractivity contribution < 1.29 is 9.53 Å². The van der Waals surface area contributed by atoms with Crippen LogP contribution < -0.4 is 10.2 Å². The van der Waals surface area contributed by atoms with Gasteiger partial charge in [0.15, 0.2) is 0 Å². The molecule has 0 saturated carbocycles. The molecule has 26 heavy (non-hydrogen) atoms. The SMILES string of the molecule is CCOc1ccc(-c2n[nH]c(C(=O)N/N=C/c3cccnc3)c2C)cc1. The minimum Gasteiger partial charge on any atom is -0.494 e. The number of amides is 1. The maximum absolute atomic E-state index is 12.3. The third-order valence-corrected chi connectivity index (χ3v) is 3.74. The van der Waals surface area contributed by atoms with Crippen LogP contribution in [0.15, 0.2) is 53.9 Å². The lowest BCUT2D eigenvalue weighted by Gasteiger charge is -2.04. The number of aromatic nitrogens is 3. The molecule has 2 heterocycles. The van der Waals surface area contributed by atoms with Gasteiger partial charge in [-0.05, 0) is 44.2 Å². The smallest absolute Gasteiger partial charge is 0.289 e. The van der Waals surface area contributed by atoms with E-state index in [1.54, 1.807) is 18.5 Å². The van der Waals surface area contributed by atoms with E-state index in [-0.39, 0.29) is 5.91 Å². The predicted molar refractivity (Wildman–Crippen MR) is 99.2 cm³/mol. The van der Waals surface area contributed by atoms with Crippen LogP contribution in [0.4, 0.5) is 0 Å². The molecule has 3 aromatic rings. The van der Waals surface area contributed by atoms with E-state index in [1.165, 1.54) is 6.21 Å². The number of nitrogens with zero attached hydrogens (tertiary/aromatic N) is 3. The number of hydrogen-bond donors (Lipinski definition) is 2. The summed E-state index contributed by atoms with van der Waals surface area (Å²) in [7, 11) is 0. The van der Waals surface area contributed by atoms with E-state index in [4.69, 9.17) is 4.74 Å². The fraction of sp³-hybridized carbons (Fsp3) is 0.158. The van der Waals surface area contributed by atoms with E-state index >= 15 is 0 Å². The molecule has 1 amide bonds. The molecule has 3 rings (SSSR count). The summed E-state index contributed by atoms with van der Waals surface area (Å²) in [6, 6.07) is 11.2. The topological polar surface area (TPSA) is 92.3 Å². The highest BCUT2D eigenvalue weighted by atomic mass is 16.5. The second-order valence-electron chi connectivity index (χ2n) is 5.52. The van der Waals surface area contributed by atoms with Gasteiger partial charge in [0.05, 0.1) is 18.5 Å². The summed E-state index contributed by atoms with van der Waals surface area (Å²) in [5.74, 6) is 0.444. The van der Waals surface area contributed by atoms with Crippen molar-refractivity contribution in [1.82, 2.24) is 20.6 Å². The van der Waals surface area contributed by atoms with Crippen LogP contribution in [-0.4, -0.2) is 33.9 Å². The Morgan fingerprint density at radius 2 is 2.12 bits per heavy atom. The van der Waals surface area contributed by atoms with E-state index in [0.29, 0.717) is 12.3 Å². The van der Waals surface area contributed by atoms with Gasteiger partial charge in [-0.1, -0.05) is 6.07 Å². The molecule has 0 fully saturated rings. The number of nitrogens with one attached hydrogen (secondary N) is 2. The summed E-state index contributed by atoms with van der Waals surface area (Å²) in [6.45, 7) is 4.40. The second-order valence-corrected chi connectivity index (χ2v) is 5.52. The average Bonchev–Trinajstić information content (AvgIpc) is 3.05. The lowest BCUT2D eigenvalue weighted by Crippen LogP contribution is -2.19. The molecule has 0 bridgehead atoms. The lowest BCUT2D eigenvalue weighted by atomic mass is 10.1. The Kier molecular flexibility index (Phi) is 5.38. The maximum atomic E-state index is 12.3. The van der Waals surface area contributed by atoms with Gasteiger partial charge in [-0.3, -0.25) is 14.9 Å². The van der Waals surface area contributed by atoms with Crippen LogP contribution in [0.25, 0.3) is 11.3 Å². The van der Waals surface area contributed by atoms with Gasteiger partial charge in [0.1, 0.15) is 11.4 Å². The van der Waals surface area contributed by atoms with Crippen molar-refractivity contribution >= 4 is 12.1 Å². The van der Waals surface area contributed by atoms with Gasteiger partial charge in [-0.15, -0.1) is 0 Å². The Balaban J connectivity index is 1.71. The van der Waals surface area contributed by atoms with Crippen LogP contribution in [0.2, 0.25) is 0 Å².